The standard InChI is InChI=1S/C33H33N3O6/c1-4-8-22-20-36(32(38)35-31(22)34)30-19-28(37)29(42-30)21-41-33(23-9-6-5-7-10-23,24-11-15-26(39-2)16-12-24)25-13-17-27(40-3)18-14-25/h5-7,9-18,20,28-30,37H,19,21H2,1-3H3,(H2,34,35,38)/t28-,29+,30+/m0/s1. The van der Waals surface area contributed by atoms with Crippen LogP contribution in [0.1, 0.15) is 41.8 Å². The summed E-state index contributed by atoms with van der Waals surface area (Å²) in [7, 11) is 3.24. The van der Waals surface area contributed by atoms with Crippen molar-refractivity contribution in [2.24, 2.45) is 0 Å². The fourth-order valence-corrected chi connectivity index (χ4v) is 5.24. The van der Waals surface area contributed by atoms with Gasteiger partial charge in [-0.1, -0.05) is 60.5 Å². The second-order valence-corrected chi connectivity index (χ2v) is 9.85. The number of hydrogen-bond acceptors (Lipinski definition) is 8. The maximum Gasteiger partial charge on any atom is 0.351 e. The van der Waals surface area contributed by atoms with E-state index in [0.717, 1.165) is 16.7 Å². The Hall–Kier alpha value is -4.62. The van der Waals surface area contributed by atoms with Crippen LogP contribution in [-0.2, 0) is 15.1 Å². The van der Waals surface area contributed by atoms with Crippen LogP contribution in [0.3, 0.4) is 0 Å². The Morgan fingerprint density at radius 3 is 2.10 bits per heavy atom. The van der Waals surface area contributed by atoms with Crippen LogP contribution >= 0.6 is 0 Å². The lowest BCUT2D eigenvalue weighted by atomic mass is 9.80. The lowest BCUT2D eigenvalue weighted by Crippen LogP contribution is -2.38. The highest BCUT2D eigenvalue weighted by atomic mass is 16.6. The van der Waals surface area contributed by atoms with Crippen molar-refractivity contribution in [1.82, 2.24) is 9.55 Å². The third-order valence-corrected chi connectivity index (χ3v) is 7.39. The second-order valence-electron chi connectivity index (χ2n) is 9.85. The average molecular weight is 568 g/mol. The Morgan fingerprint density at radius 1 is 0.976 bits per heavy atom. The lowest BCUT2D eigenvalue weighted by molar-refractivity contribution is -0.0944. The number of aliphatic hydroxyl groups excluding tert-OH is 1. The minimum absolute atomic E-state index is 0.0173. The molecule has 0 amide bonds. The van der Waals surface area contributed by atoms with Crippen LogP contribution in [0, 0.1) is 11.8 Å². The van der Waals surface area contributed by atoms with E-state index in [0.29, 0.717) is 17.1 Å². The number of benzene rings is 3. The molecule has 4 aromatic rings. The van der Waals surface area contributed by atoms with E-state index in [9.17, 15) is 9.90 Å². The molecule has 3 atom stereocenters. The van der Waals surface area contributed by atoms with Crippen LogP contribution < -0.4 is 20.9 Å². The van der Waals surface area contributed by atoms with Gasteiger partial charge in [-0.05, 0) is 47.9 Å². The zero-order chi connectivity index (χ0) is 29.7. The van der Waals surface area contributed by atoms with E-state index in [1.165, 1.54) is 10.8 Å². The molecule has 0 spiro atoms. The first-order valence-electron chi connectivity index (χ1n) is 13.5. The highest BCUT2D eigenvalue weighted by Crippen LogP contribution is 2.42. The number of nitrogens with zero attached hydrogens (tertiary/aromatic N) is 2. The van der Waals surface area contributed by atoms with Crippen LogP contribution in [0.2, 0.25) is 0 Å². The number of methoxy groups -OCH3 is 2. The number of aromatic nitrogens is 2. The molecule has 3 aromatic carbocycles. The van der Waals surface area contributed by atoms with Crippen LogP contribution in [0.5, 0.6) is 11.5 Å². The van der Waals surface area contributed by atoms with Gasteiger partial charge in [0.1, 0.15) is 35.2 Å². The summed E-state index contributed by atoms with van der Waals surface area (Å²) in [6.45, 7) is 1.69. The first-order valence-corrected chi connectivity index (χ1v) is 13.5. The van der Waals surface area contributed by atoms with Gasteiger partial charge in [-0.15, -0.1) is 5.92 Å². The van der Waals surface area contributed by atoms with Crippen LogP contribution in [0.4, 0.5) is 5.82 Å². The molecule has 0 radical (unpaired) electrons. The summed E-state index contributed by atoms with van der Waals surface area (Å²) < 4.78 is 25.2. The van der Waals surface area contributed by atoms with Crippen LogP contribution in [0.15, 0.2) is 89.9 Å². The van der Waals surface area contributed by atoms with Crippen molar-refractivity contribution in [3.63, 3.8) is 0 Å². The normalized spacial score (nSPS) is 18.2. The van der Waals surface area contributed by atoms with E-state index >= 15 is 0 Å². The molecule has 216 valence electrons. The Morgan fingerprint density at radius 2 is 1.55 bits per heavy atom. The zero-order valence-corrected chi connectivity index (χ0v) is 23.7. The summed E-state index contributed by atoms with van der Waals surface area (Å²) in [5.41, 5.74) is 7.21. The smallest absolute Gasteiger partial charge is 0.351 e. The summed E-state index contributed by atoms with van der Waals surface area (Å²) in [4.78, 5) is 16.6. The predicted molar refractivity (Wildman–Crippen MR) is 158 cm³/mol. The summed E-state index contributed by atoms with van der Waals surface area (Å²) in [5.74, 6) is 7.09. The molecule has 0 unspecified atom stereocenters. The van der Waals surface area contributed by atoms with Crippen molar-refractivity contribution in [2.45, 2.75) is 37.4 Å². The molecule has 1 fully saturated rings. The number of nitrogen functional groups attached to an aromatic ring is 1. The maximum atomic E-state index is 12.7. The molecule has 9 heteroatoms. The van der Waals surface area contributed by atoms with Gasteiger partial charge in [-0.3, -0.25) is 4.57 Å². The second kappa shape index (κ2) is 12.5. The van der Waals surface area contributed by atoms with Gasteiger partial charge in [-0.25, -0.2) is 4.79 Å². The molecule has 2 heterocycles. The van der Waals surface area contributed by atoms with Gasteiger partial charge < -0.3 is 29.8 Å². The van der Waals surface area contributed by atoms with Crippen molar-refractivity contribution in [2.75, 3.05) is 26.6 Å². The largest absolute Gasteiger partial charge is 0.497 e. The van der Waals surface area contributed by atoms with Crippen LogP contribution in [0.25, 0.3) is 0 Å². The average Bonchev–Trinajstić information content (AvgIpc) is 3.39. The molecule has 3 N–H and O–H groups in total. The monoisotopic (exact) mass is 567 g/mol. The first kappa shape index (κ1) is 28.9. The molecule has 9 nitrogen and oxygen atoms in total. The molecular formula is C33H33N3O6. The number of hydrogen-bond donors (Lipinski definition) is 2. The van der Waals surface area contributed by atoms with E-state index in [1.807, 2.05) is 78.9 Å². The Balaban J connectivity index is 1.53. The topological polar surface area (TPSA) is 118 Å². The van der Waals surface area contributed by atoms with Crippen LogP contribution in [-0.4, -0.2) is 47.7 Å². The summed E-state index contributed by atoms with van der Waals surface area (Å²) in [5, 5.41) is 11.1. The summed E-state index contributed by atoms with van der Waals surface area (Å²) in [6, 6.07) is 25.2. The minimum atomic E-state index is -1.08. The Bertz CT molecular complexity index is 1580. The summed E-state index contributed by atoms with van der Waals surface area (Å²) in [6.07, 6.45) is -0.716. The van der Waals surface area contributed by atoms with Gasteiger partial charge >= 0.3 is 5.69 Å². The highest BCUT2D eigenvalue weighted by molar-refractivity contribution is 5.50. The fourth-order valence-electron chi connectivity index (χ4n) is 5.24. The van der Waals surface area contributed by atoms with E-state index in [2.05, 4.69) is 16.8 Å². The number of anilines is 1. The number of nitrogens with two attached hydrogens (primary N) is 1. The molecule has 1 aliphatic heterocycles. The van der Waals surface area contributed by atoms with E-state index in [4.69, 9.17) is 24.7 Å². The molecular weight excluding hydrogens is 534 g/mol. The molecule has 0 aliphatic carbocycles. The lowest BCUT2D eigenvalue weighted by Gasteiger charge is -2.37. The molecule has 1 aromatic heterocycles. The van der Waals surface area contributed by atoms with E-state index < -0.39 is 29.7 Å². The molecule has 1 saturated heterocycles. The van der Waals surface area contributed by atoms with E-state index in [-0.39, 0.29) is 18.8 Å². The van der Waals surface area contributed by atoms with Crippen molar-refractivity contribution in [3.8, 4) is 23.3 Å². The molecule has 1 aliphatic rings. The molecule has 0 bridgehead atoms. The van der Waals surface area contributed by atoms with Gasteiger partial charge in [0.25, 0.3) is 0 Å². The Labute approximate surface area is 244 Å². The quantitative estimate of drug-likeness (QED) is 0.231. The van der Waals surface area contributed by atoms with Crippen molar-refractivity contribution >= 4 is 5.82 Å². The maximum absolute atomic E-state index is 12.7. The fraction of sp³-hybridized carbons (Fsp3) is 0.273. The third kappa shape index (κ3) is 5.60. The van der Waals surface area contributed by atoms with Gasteiger partial charge in [0, 0.05) is 12.6 Å². The molecule has 42 heavy (non-hydrogen) atoms. The van der Waals surface area contributed by atoms with Gasteiger partial charge in [0.15, 0.2) is 0 Å². The van der Waals surface area contributed by atoms with Crippen molar-refractivity contribution in [3.05, 3.63) is 118 Å². The van der Waals surface area contributed by atoms with Gasteiger partial charge in [-0.2, -0.15) is 4.98 Å². The SMILES string of the molecule is CC#Cc1cn([C@H]2C[C@H](O)[C@@H](COC(c3ccccc3)(c3ccc(OC)cc3)c3ccc(OC)cc3)O2)c(=O)nc1N. The van der Waals surface area contributed by atoms with Gasteiger partial charge in [0.05, 0.1) is 32.5 Å². The number of ether oxygens (including phenoxy) is 4. The predicted octanol–water partition coefficient (Wildman–Crippen LogP) is 3.87. The Kier molecular flexibility index (Phi) is 8.59. The molecule has 5 rings (SSSR count). The van der Waals surface area contributed by atoms with E-state index in [1.54, 1.807) is 21.1 Å². The molecule has 0 saturated carbocycles. The zero-order valence-electron chi connectivity index (χ0n) is 23.7. The number of aliphatic hydroxyl groups is 1. The number of rotatable bonds is 9. The third-order valence-electron chi connectivity index (χ3n) is 7.39. The van der Waals surface area contributed by atoms with Crippen molar-refractivity contribution < 1.29 is 24.1 Å². The summed E-state index contributed by atoms with van der Waals surface area (Å²) >= 11 is 0. The van der Waals surface area contributed by atoms with Crippen molar-refractivity contribution in [1.29, 1.82) is 0 Å². The minimum Gasteiger partial charge on any atom is -0.497 e. The first-order chi connectivity index (χ1) is 20.4. The highest BCUT2D eigenvalue weighted by Gasteiger charge is 2.42. The van der Waals surface area contributed by atoms with Gasteiger partial charge in [0.2, 0.25) is 0 Å².